The summed E-state index contributed by atoms with van der Waals surface area (Å²) in [7, 11) is 1.67. The number of para-hydroxylation sites is 1. The first kappa shape index (κ1) is 17.2. The molecule has 0 spiro atoms. The van der Waals surface area contributed by atoms with Crippen molar-refractivity contribution in [3.8, 4) is 5.75 Å². The Kier molecular flexibility index (Phi) is 5.82. The van der Waals surface area contributed by atoms with Gasteiger partial charge in [0.25, 0.3) is 0 Å². The summed E-state index contributed by atoms with van der Waals surface area (Å²) >= 11 is 0. The summed E-state index contributed by atoms with van der Waals surface area (Å²) in [5, 5.41) is 3.07. The van der Waals surface area contributed by atoms with E-state index in [-0.39, 0.29) is 11.8 Å². The Balaban J connectivity index is 1.44. The van der Waals surface area contributed by atoms with Crippen molar-refractivity contribution in [1.29, 1.82) is 0 Å². The van der Waals surface area contributed by atoms with Crippen LogP contribution in [0.5, 0.6) is 5.75 Å². The number of amides is 1. The predicted molar refractivity (Wildman–Crippen MR) is 96.7 cm³/mol. The van der Waals surface area contributed by atoms with Crippen LogP contribution in [0, 0.1) is 5.92 Å². The van der Waals surface area contributed by atoms with Gasteiger partial charge in [-0.3, -0.25) is 9.78 Å². The fourth-order valence-corrected chi connectivity index (χ4v) is 3.20. The largest absolute Gasteiger partial charge is 0.496 e. The van der Waals surface area contributed by atoms with Gasteiger partial charge in [0.2, 0.25) is 5.91 Å². The summed E-state index contributed by atoms with van der Waals surface area (Å²) in [4.78, 5) is 23.0. The highest BCUT2D eigenvalue weighted by Gasteiger charge is 2.25. The number of aromatic nitrogens is 2. The zero-order valence-corrected chi connectivity index (χ0v) is 14.5. The highest BCUT2D eigenvalue weighted by atomic mass is 16.5. The van der Waals surface area contributed by atoms with Gasteiger partial charge in [-0.2, -0.15) is 0 Å². The Morgan fingerprint density at radius 2 is 2.08 bits per heavy atom. The second-order valence-corrected chi connectivity index (χ2v) is 6.18. The Bertz CT molecular complexity index is 685. The Labute approximate surface area is 148 Å². The number of ether oxygens (including phenoxy) is 1. The molecule has 0 radical (unpaired) electrons. The van der Waals surface area contributed by atoms with Crippen molar-refractivity contribution in [2.75, 3.05) is 31.6 Å². The summed E-state index contributed by atoms with van der Waals surface area (Å²) in [5.74, 6) is 1.98. The van der Waals surface area contributed by atoms with E-state index in [1.807, 2.05) is 24.3 Å². The van der Waals surface area contributed by atoms with Crippen LogP contribution in [0.2, 0.25) is 0 Å². The third-order valence-electron chi connectivity index (χ3n) is 4.63. The minimum absolute atomic E-state index is 0.0746. The Morgan fingerprint density at radius 1 is 1.28 bits per heavy atom. The number of carbonyl (C=O) groups excluding carboxylic acids is 1. The van der Waals surface area contributed by atoms with Crippen molar-refractivity contribution in [2.45, 2.75) is 19.3 Å². The molecule has 0 saturated carbocycles. The van der Waals surface area contributed by atoms with Gasteiger partial charge in [-0.05, 0) is 30.9 Å². The van der Waals surface area contributed by atoms with Gasteiger partial charge in [0, 0.05) is 37.9 Å². The van der Waals surface area contributed by atoms with Crippen molar-refractivity contribution in [2.24, 2.45) is 5.92 Å². The number of hydrogen-bond donors (Lipinski definition) is 1. The normalized spacial score (nSPS) is 15.0. The first-order valence-electron chi connectivity index (χ1n) is 8.68. The number of anilines is 1. The molecule has 2 aromatic rings. The molecule has 1 aliphatic heterocycles. The third kappa shape index (κ3) is 4.47. The predicted octanol–water partition coefficient (Wildman–Crippen LogP) is 2.06. The molecular weight excluding hydrogens is 316 g/mol. The van der Waals surface area contributed by atoms with E-state index < -0.39 is 0 Å². The number of nitrogens with one attached hydrogen (secondary N) is 1. The molecule has 132 valence electrons. The molecule has 1 amide bonds. The molecule has 2 heterocycles. The summed E-state index contributed by atoms with van der Waals surface area (Å²) in [6.07, 6.45) is 7.60. The highest BCUT2D eigenvalue weighted by Crippen LogP contribution is 2.21. The maximum Gasteiger partial charge on any atom is 0.223 e. The number of hydrogen-bond acceptors (Lipinski definition) is 5. The molecule has 25 heavy (non-hydrogen) atoms. The zero-order chi connectivity index (χ0) is 17.5. The van der Waals surface area contributed by atoms with E-state index in [9.17, 15) is 4.79 Å². The lowest BCUT2D eigenvalue weighted by Crippen LogP contribution is -2.41. The molecule has 0 bridgehead atoms. The maximum absolute atomic E-state index is 12.4. The second-order valence-electron chi connectivity index (χ2n) is 6.18. The summed E-state index contributed by atoms with van der Waals surface area (Å²) in [6, 6.07) is 7.91. The maximum atomic E-state index is 12.4. The quantitative estimate of drug-likeness (QED) is 0.872. The molecule has 3 rings (SSSR count). The molecule has 6 heteroatoms. The Hall–Kier alpha value is -2.63. The molecule has 0 aliphatic carbocycles. The van der Waals surface area contributed by atoms with Crippen LogP contribution in [0.15, 0.2) is 42.9 Å². The topological polar surface area (TPSA) is 67.3 Å². The van der Waals surface area contributed by atoms with E-state index in [1.165, 1.54) is 0 Å². The zero-order valence-electron chi connectivity index (χ0n) is 14.5. The number of methoxy groups -OCH3 is 1. The lowest BCUT2D eigenvalue weighted by molar-refractivity contribution is -0.125. The van der Waals surface area contributed by atoms with Crippen LogP contribution in [0.1, 0.15) is 18.4 Å². The van der Waals surface area contributed by atoms with Gasteiger partial charge in [-0.1, -0.05) is 18.2 Å². The van der Waals surface area contributed by atoms with Crippen LogP contribution in [-0.2, 0) is 11.2 Å². The Morgan fingerprint density at radius 3 is 2.80 bits per heavy atom. The minimum Gasteiger partial charge on any atom is -0.496 e. The van der Waals surface area contributed by atoms with Crippen molar-refractivity contribution in [3.05, 3.63) is 48.4 Å². The number of rotatable bonds is 6. The molecule has 1 fully saturated rings. The minimum atomic E-state index is 0.0746. The number of carbonyl (C=O) groups is 1. The highest BCUT2D eigenvalue weighted by molar-refractivity contribution is 5.79. The van der Waals surface area contributed by atoms with Crippen molar-refractivity contribution >= 4 is 11.7 Å². The lowest BCUT2D eigenvalue weighted by atomic mass is 9.96. The molecule has 1 aliphatic rings. The molecule has 1 aromatic carbocycles. The average Bonchev–Trinajstić information content (AvgIpc) is 2.69. The van der Waals surface area contributed by atoms with E-state index in [0.29, 0.717) is 6.54 Å². The molecule has 6 nitrogen and oxygen atoms in total. The van der Waals surface area contributed by atoms with Gasteiger partial charge in [0.1, 0.15) is 11.6 Å². The summed E-state index contributed by atoms with van der Waals surface area (Å²) in [6.45, 7) is 2.30. The summed E-state index contributed by atoms with van der Waals surface area (Å²) in [5.41, 5.74) is 1.11. The monoisotopic (exact) mass is 340 g/mol. The van der Waals surface area contributed by atoms with Gasteiger partial charge in [0.05, 0.1) is 13.3 Å². The SMILES string of the molecule is COc1ccccc1CCNC(=O)C1CCN(c2cnccn2)CC1. The molecule has 0 unspecified atom stereocenters. The molecule has 0 atom stereocenters. The molecule has 1 aromatic heterocycles. The van der Waals surface area contributed by atoms with Crippen molar-refractivity contribution in [3.63, 3.8) is 0 Å². The third-order valence-corrected chi connectivity index (χ3v) is 4.63. The standard InChI is InChI=1S/C19H24N4O2/c1-25-17-5-3-2-4-15(17)6-9-22-19(24)16-7-12-23(13-8-16)18-14-20-10-11-21-18/h2-5,10-11,14,16H,6-9,12-13H2,1H3,(H,22,24). The van der Waals surface area contributed by atoms with E-state index in [0.717, 1.165) is 49.5 Å². The number of benzene rings is 1. The van der Waals surface area contributed by atoms with Crippen LogP contribution in [0.25, 0.3) is 0 Å². The van der Waals surface area contributed by atoms with Crippen LogP contribution >= 0.6 is 0 Å². The van der Waals surface area contributed by atoms with Gasteiger partial charge >= 0.3 is 0 Å². The first-order chi connectivity index (χ1) is 12.3. The van der Waals surface area contributed by atoms with Crippen LogP contribution < -0.4 is 15.0 Å². The van der Waals surface area contributed by atoms with Gasteiger partial charge in [0.15, 0.2) is 0 Å². The van der Waals surface area contributed by atoms with Crippen molar-refractivity contribution in [1.82, 2.24) is 15.3 Å². The van der Waals surface area contributed by atoms with Gasteiger partial charge in [-0.15, -0.1) is 0 Å². The van der Waals surface area contributed by atoms with Crippen molar-refractivity contribution < 1.29 is 9.53 Å². The fourth-order valence-electron chi connectivity index (χ4n) is 3.20. The second kappa shape index (κ2) is 8.46. The van der Waals surface area contributed by atoms with E-state index in [4.69, 9.17) is 4.74 Å². The molecule has 1 saturated heterocycles. The van der Waals surface area contributed by atoms with Gasteiger partial charge < -0.3 is 15.0 Å². The lowest BCUT2D eigenvalue weighted by Gasteiger charge is -2.31. The van der Waals surface area contributed by atoms with Crippen LogP contribution in [0.3, 0.4) is 0 Å². The first-order valence-corrected chi connectivity index (χ1v) is 8.68. The van der Waals surface area contributed by atoms with E-state index in [2.05, 4.69) is 20.2 Å². The molecular formula is C19H24N4O2. The summed E-state index contributed by atoms with van der Waals surface area (Å²) < 4.78 is 5.34. The van der Waals surface area contributed by atoms with Crippen LogP contribution in [0.4, 0.5) is 5.82 Å². The van der Waals surface area contributed by atoms with E-state index >= 15 is 0 Å². The van der Waals surface area contributed by atoms with Crippen LogP contribution in [-0.4, -0.2) is 42.6 Å². The smallest absolute Gasteiger partial charge is 0.223 e. The van der Waals surface area contributed by atoms with E-state index in [1.54, 1.807) is 25.7 Å². The number of nitrogens with zero attached hydrogens (tertiary/aromatic N) is 3. The molecule has 1 N–H and O–H groups in total. The fraction of sp³-hybridized carbons (Fsp3) is 0.421. The number of piperidine rings is 1. The average molecular weight is 340 g/mol. The van der Waals surface area contributed by atoms with Gasteiger partial charge in [-0.25, -0.2) is 4.98 Å².